The minimum absolute atomic E-state index is 0.0480. The summed E-state index contributed by atoms with van der Waals surface area (Å²) in [6.45, 7) is 5.05. The average Bonchev–Trinajstić information content (AvgIpc) is 2.36. The normalized spacial score (nSPS) is 10.3. The van der Waals surface area contributed by atoms with E-state index in [0.29, 0.717) is 29.5 Å². The molecule has 0 saturated heterocycles. The van der Waals surface area contributed by atoms with Crippen LogP contribution in [0.5, 0.6) is 0 Å². The van der Waals surface area contributed by atoms with E-state index in [2.05, 4.69) is 23.3 Å². The molecule has 4 nitrogen and oxygen atoms in total. The van der Waals surface area contributed by atoms with Gasteiger partial charge in [-0.3, -0.25) is 9.59 Å². The Morgan fingerprint density at radius 3 is 2.53 bits per heavy atom. The molecular formula is C14H20N2O2S. The molecular weight excluding hydrogens is 260 g/mol. The highest BCUT2D eigenvalue weighted by atomic mass is 32.1. The van der Waals surface area contributed by atoms with Crippen LogP contribution in [0, 0.1) is 5.92 Å². The summed E-state index contributed by atoms with van der Waals surface area (Å²) in [6, 6.07) is 7.06. The molecule has 1 rings (SSSR count). The minimum Gasteiger partial charge on any atom is -0.356 e. The zero-order chi connectivity index (χ0) is 14.3. The van der Waals surface area contributed by atoms with Crippen LogP contribution >= 0.6 is 12.6 Å². The molecule has 0 bridgehead atoms. The Labute approximate surface area is 119 Å². The fourth-order valence-electron chi connectivity index (χ4n) is 1.46. The van der Waals surface area contributed by atoms with Crippen LogP contribution in [0.25, 0.3) is 0 Å². The number of thiol groups is 1. The Hall–Kier alpha value is -1.49. The number of rotatable bonds is 6. The van der Waals surface area contributed by atoms with E-state index in [1.807, 2.05) is 19.9 Å². The third-order valence-electron chi connectivity index (χ3n) is 2.49. The molecule has 104 valence electrons. The van der Waals surface area contributed by atoms with E-state index in [1.165, 1.54) is 0 Å². The van der Waals surface area contributed by atoms with Gasteiger partial charge in [-0.25, -0.2) is 0 Å². The summed E-state index contributed by atoms with van der Waals surface area (Å²) in [6.07, 6.45) is 0.285. The molecule has 2 N–H and O–H groups in total. The lowest BCUT2D eigenvalue weighted by Gasteiger charge is -2.09. The second-order valence-electron chi connectivity index (χ2n) is 4.72. The van der Waals surface area contributed by atoms with Gasteiger partial charge in [0.1, 0.15) is 0 Å². The van der Waals surface area contributed by atoms with Crippen molar-refractivity contribution >= 4 is 24.4 Å². The van der Waals surface area contributed by atoms with E-state index < -0.39 is 0 Å². The van der Waals surface area contributed by atoms with Crippen molar-refractivity contribution in [2.45, 2.75) is 25.2 Å². The third-order valence-corrected chi connectivity index (χ3v) is 2.88. The van der Waals surface area contributed by atoms with Gasteiger partial charge in [-0.05, 0) is 18.1 Å². The lowest BCUT2D eigenvalue weighted by molar-refractivity contribution is -0.121. The molecule has 1 aromatic carbocycles. The molecule has 0 heterocycles. The van der Waals surface area contributed by atoms with Crippen LogP contribution in [0.15, 0.2) is 29.2 Å². The Balaban J connectivity index is 2.32. The lowest BCUT2D eigenvalue weighted by Crippen LogP contribution is -2.32. The second-order valence-corrected chi connectivity index (χ2v) is 5.20. The SMILES string of the molecule is CC(C)CNC(=O)CCNC(=O)c1ccccc1S. The van der Waals surface area contributed by atoms with Crippen LogP contribution in [0.1, 0.15) is 30.6 Å². The molecule has 0 aliphatic carbocycles. The third kappa shape index (κ3) is 5.79. The van der Waals surface area contributed by atoms with Gasteiger partial charge in [0, 0.05) is 24.4 Å². The van der Waals surface area contributed by atoms with Crippen molar-refractivity contribution in [1.29, 1.82) is 0 Å². The van der Waals surface area contributed by atoms with Gasteiger partial charge in [0.15, 0.2) is 0 Å². The lowest BCUT2D eigenvalue weighted by atomic mass is 10.2. The number of carbonyl (C=O) groups excluding carboxylic acids is 2. The summed E-state index contributed by atoms with van der Waals surface area (Å²) in [5, 5.41) is 5.51. The molecule has 0 aliphatic heterocycles. The zero-order valence-electron chi connectivity index (χ0n) is 11.3. The number of hydrogen-bond donors (Lipinski definition) is 3. The summed E-state index contributed by atoms with van der Waals surface area (Å²) in [5.74, 6) is 0.171. The molecule has 1 aromatic rings. The van der Waals surface area contributed by atoms with Crippen molar-refractivity contribution in [2.24, 2.45) is 5.92 Å². The van der Waals surface area contributed by atoms with Crippen molar-refractivity contribution in [3.63, 3.8) is 0 Å². The van der Waals surface area contributed by atoms with E-state index in [9.17, 15) is 9.59 Å². The minimum atomic E-state index is -0.206. The van der Waals surface area contributed by atoms with Crippen LogP contribution < -0.4 is 10.6 Å². The Kier molecular flexibility index (Phi) is 6.42. The highest BCUT2D eigenvalue weighted by molar-refractivity contribution is 7.80. The van der Waals surface area contributed by atoms with Gasteiger partial charge in [0.2, 0.25) is 5.91 Å². The molecule has 0 aliphatic rings. The number of carbonyl (C=O) groups is 2. The van der Waals surface area contributed by atoms with Crippen molar-refractivity contribution in [1.82, 2.24) is 10.6 Å². The Bertz CT molecular complexity index is 447. The van der Waals surface area contributed by atoms with Gasteiger partial charge in [-0.2, -0.15) is 0 Å². The summed E-state index contributed by atoms with van der Waals surface area (Å²) in [7, 11) is 0. The molecule has 0 saturated carbocycles. The maximum absolute atomic E-state index is 11.8. The largest absolute Gasteiger partial charge is 0.356 e. The van der Waals surface area contributed by atoms with Crippen molar-refractivity contribution < 1.29 is 9.59 Å². The molecule has 0 unspecified atom stereocenters. The molecule has 2 amide bonds. The van der Waals surface area contributed by atoms with E-state index in [-0.39, 0.29) is 18.2 Å². The molecule has 19 heavy (non-hydrogen) atoms. The molecule has 0 spiro atoms. The monoisotopic (exact) mass is 280 g/mol. The highest BCUT2D eigenvalue weighted by Gasteiger charge is 2.09. The van der Waals surface area contributed by atoms with Crippen LogP contribution in [-0.2, 0) is 4.79 Å². The summed E-state index contributed by atoms with van der Waals surface area (Å²) >= 11 is 4.22. The highest BCUT2D eigenvalue weighted by Crippen LogP contribution is 2.12. The zero-order valence-corrected chi connectivity index (χ0v) is 12.2. The number of benzene rings is 1. The van der Waals surface area contributed by atoms with E-state index in [0.717, 1.165) is 0 Å². The Morgan fingerprint density at radius 2 is 1.89 bits per heavy atom. The fraction of sp³-hybridized carbons (Fsp3) is 0.429. The maximum Gasteiger partial charge on any atom is 0.252 e. The summed E-state index contributed by atoms with van der Waals surface area (Å²) in [5.41, 5.74) is 0.522. The number of nitrogens with one attached hydrogen (secondary N) is 2. The van der Waals surface area contributed by atoms with Crippen molar-refractivity contribution in [3.05, 3.63) is 29.8 Å². The van der Waals surface area contributed by atoms with Gasteiger partial charge in [-0.15, -0.1) is 12.6 Å². The van der Waals surface area contributed by atoms with E-state index in [1.54, 1.807) is 18.2 Å². The van der Waals surface area contributed by atoms with Crippen LogP contribution in [0.2, 0.25) is 0 Å². The van der Waals surface area contributed by atoms with Gasteiger partial charge in [0.05, 0.1) is 5.56 Å². The second kappa shape index (κ2) is 7.84. The smallest absolute Gasteiger partial charge is 0.252 e. The van der Waals surface area contributed by atoms with Crippen molar-refractivity contribution in [2.75, 3.05) is 13.1 Å². The average molecular weight is 280 g/mol. The van der Waals surface area contributed by atoms with Crippen LogP contribution in [-0.4, -0.2) is 24.9 Å². The summed E-state index contributed by atoms with van der Waals surface area (Å²) in [4.78, 5) is 23.9. The van der Waals surface area contributed by atoms with E-state index in [4.69, 9.17) is 0 Å². The quantitative estimate of drug-likeness (QED) is 0.697. The number of amides is 2. The first-order valence-corrected chi connectivity index (χ1v) is 6.78. The molecule has 5 heteroatoms. The van der Waals surface area contributed by atoms with Crippen LogP contribution in [0.4, 0.5) is 0 Å². The Morgan fingerprint density at radius 1 is 1.21 bits per heavy atom. The van der Waals surface area contributed by atoms with Gasteiger partial charge in [-0.1, -0.05) is 26.0 Å². The molecule has 0 radical (unpaired) electrons. The predicted octanol–water partition coefficient (Wildman–Crippen LogP) is 1.87. The standard InChI is InChI=1S/C14H20N2O2S/c1-10(2)9-16-13(17)7-8-15-14(18)11-5-3-4-6-12(11)19/h3-6,10,19H,7-9H2,1-2H3,(H,15,18)(H,16,17). The van der Waals surface area contributed by atoms with Gasteiger partial charge < -0.3 is 10.6 Å². The molecule has 0 fully saturated rings. The van der Waals surface area contributed by atoms with Crippen LogP contribution in [0.3, 0.4) is 0 Å². The fourth-order valence-corrected chi connectivity index (χ4v) is 1.72. The topological polar surface area (TPSA) is 58.2 Å². The number of hydrogen-bond acceptors (Lipinski definition) is 3. The molecule has 0 atom stereocenters. The van der Waals surface area contributed by atoms with Crippen molar-refractivity contribution in [3.8, 4) is 0 Å². The summed E-state index contributed by atoms with van der Waals surface area (Å²) < 4.78 is 0. The van der Waals surface area contributed by atoms with Gasteiger partial charge in [0.25, 0.3) is 5.91 Å². The first-order chi connectivity index (χ1) is 9.00. The predicted molar refractivity (Wildman–Crippen MR) is 78.5 cm³/mol. The first-order valence-electron chi connectivity index (χ1n) is 6.33. The van der Waals surface area contributed by atoms with E-state index >= 15 is 0 Å². The first kappa shape index (κ1) is 15.6. The van der Waals surface area contributed by atoms with Gasteiger partial charge >= 0.3 is 0 Å². The molecule has 0 aromatic heterocycles. The maximum atomic E-state index is 11.8.